The second-order valence-corrected chi connectivity index (χ2v) is 3.65. The molecule has 1 heterocycles. The van der Waals surface area contributed by atoms with E-state index in [0.717, 1.165) is 0 Å². The summed E-state index contributed by atoms with van der Waals surface area (Å²) in [6.07, 6.45) is -0.274. The van der Waals surface area contributed by atoms with E-state index in [-0.39, 0.29) is 17.8 Å². The summed E-state index contributed by atoms with van der Waals surface area (Å²) in [5, 5.41) is 8.78. The minimum absolute atomic E-state index is 0.141. The Morgan fingerprint density at radius 3 is 3.00 bits per heavy atom. The maximum Gasteiger partial charge on any atom is 0.311 e. The van der Waals surface area contributed by atoms with Crippen LogP contribution < -0.4 is 4.74 Å². The lowest BCUT2D eigenvalue weighted by atomic mass is 10.1. The zero-order chi connectivity index (χ0) is 9.87. The largest absolute Gasteiger partial charge is 0.489 e. The third-order valence-corrected chi connectivity index (χ3v) is 2.83. The van der Waals surface area contributed by atoms with Gasteiger partial charge in [0.25, 0.3) is 0 Å². The first kappa shape index (κ1) is 7.79. The van der Waals surface area contributed by atoms with Gasteiger partial charge in [0.05, 0.1) is 0 Å². The number of fused-ring (bicyclic) bond motifs is 3. The van der Waals surface area contributed by atoms with Crippen molar-refractivity contribution < 1.29 is 19.0 Å². The topological polar surface area (TPSA) is 46.5 Å². The van der Waals surface area contributed by atoms with Crippen LogP contribution in [0, 0.1) is 11.7 Å². The molecule has 1 N–H and O–H groups in total. The summed E-state index contributed by atoms with van der Waals surface area (Å²) in [7, 11) is 0. The highest BCUT2D eigenvalue weighted by atomic mass is 19.1. The average Bonchev–Trinajstić information content (AvgIpc) is 2.73. The van der Waals surface area contributed by atoms with Crippen LogP contribution in [0.4, 0.5) is 4.39 Å². The molecule has 3 atom stereocenters. The molecule has 2 aliphatic rings. The molecular weight excluding hydrogens is 187 g/mol. The number of hydrogen-bond acceptors (Lipinski definition) is 2. The van der Waals surface area contributed by atoms with Gasteiger partial charge in [-0.1, -0.05) is 0 Å². The number of carboxylic acid groups (broad SMARTS) is 1. The molecule has 1 fully saturated rings. The molecule has 1 aliphatic carbocycles. The predicted molar refractivity (Wildman–Crippen MR) is 44.7 cm³/mol. The van der Waals surface area contributed by atoms with Gasteiger partial charge in [-0.25, -0.2) is 4.39 Å². The van der Waals surface area contributed by atoms with Crippen LogP contribution in [0.2, 0.25) is 0 Å². The van der Waals surface area contributed by atoms with Crippen molar-refractivity contribution in [2.75, 3.05) is 0 Å². The zero-order valence-electron chi connectivity index (χ0n) is 7.11. The second-order valence-electron chi connectivity index (χ2n) is 3.65. The number of carbonyl (C=O) groups is 1. The van der Waals surface area contributed by atoms with Crippen molar-refractivity contribution >= 4 is 5.97 Å². The van der Waals surface area contributed by atoms with Crippen molar-refractivity contribution in [3.63, 3.8) is 0 Å². The van der Waals surface area contributed by atoms with Gasteiger partial charge in [-0.2, -0.15) is 0 Å². The monoisotopic (exact) mass is 194 g/mol. The molecule has 3 rings (SSSR count). The Morgan fingerprint density at radius 2 is 2.29 bits per heavy atom. The molecule has 0 radical (unpaired) electrons. The summed E-state index contributed by atoms with van der Waals surface area (Å²) in [5.74, 6) is -1.21. The van der Waals surface area contributed by atoms with Gasteiger partial charge in [-0.3, -0.25) is 4.79 Å². The highest BCUT2D eigenvalue weighted by Crippen LogP contribution is 2.58. The van der Waals surface area contributed by atoms with Crippen molar-refractivity contribution in [3.05, 3.63) is 29.6 Å². The molecule has 1 aromatic rings. The van der Waals surface area contributed by atoms with Gasteiger partial charge >= 0.3 is 5.97 Å². The lowest BCUT2D eigenvalue weighted by Crippen LogP contribution is -2.08. The zero-order valence-corrected chi connectivity index (χ0v) is 7.11. The van der Waals surface area contributed by atoms with E-state index >= 15 is 0 Å². The quantitative estimate of drug-likeness (QED) is 0.734. The van der Waals surface area contributed by atoms with Crippen LogP contribution in [-0.4, -0.2) is 17.2 Å². The molecule has 0 bridgehead atoms. The van der Waals surface area contributed by atoms with E-state index in [1.165, 1.54) is 12.1 Å². The number of aliphatic carboxylic acids is 1. The number of hydrogen-bond donors (Lipinski definition) is 1. The maximum atomic E-state index is 12.9. The Bertz CT molecular complexity index is 429. The van der Waals surface area contributed by atoms with Crippen molar-refractivity contribution in [1.29, 1.82) is 0 Å². The molecule has 0 spiro atoms. The molecule has 0 amide bonds. The van der Waals surface area contributed by atoms with Crippen LogP contribution in [0.3, 0.4) is 0 Å². The Labute approximate surface area is 79.1 Å². The number of ether oxygens (including phenoxy) is 1. The van der Waals surface area contributed by atoms with E-state index < -0.39 is 11.9 Å². The van der Waals surface area contributed by atoms with E-state index in [9.17, 15) is 9.18 Å². The maximum absolute atomic E-state index is 12.9. The van der Waals surface area contributed by atoms with E-state index in [4.69, 9.17) is 9.84 Å². The summed E-state index contributed by atoms with van der Waals surface area (Å²) in [5.41, 5.74) is 0.697. The summed E-state index contributed by atoms with van der Waals surface area (Å²) >= 11 is 0. The van der Waals surface area contributed by atoms with Gasteiger partial charge < -0.3 is 9.84 Å². The van der Waals surface area contributed by atoms with Gasteiger partial charge in [0.2, 0.25) is 0 Å². The fourth-order valence-electron chi connectivity index (χ4n) is 2.13. The molecule has 72 valence electrons. The third kappa shape index (κ3) is 0.828. The molecule has 1 aliphatic heterocycles. The average molecular weight is 194 g/mol. The van der Waals surface area contributed by atoms with Crippen molar-refractivity contribution in [1.82, 2.24) is 0 Å². The summed E-state index contributed by atoms with van der Waals surface area (Å²) in [4.78, 5) is 10.7. The fourth-order valence-corrected chi connectivity index (χ4v) is 2.13. The van der Waals surface area contributed by atoms with Gasteiger partial charge in [0.15, 0.2) is 0 Å². The van der Waals surface area contributed by atoms with Gasteiger partial charge in [-0.05, 0) is 18.2 Å². The molecule has 1 aromatic carbocycles. The summed E-state index contributed by atoms with van der Waals surface area (Å²) < 4.78 is 18.2. The minimum Gasteiger partial charge on any atom is -0.489 e. The van der Waals surface area contributed by atoms with Crippen LogP contribution in [0.15, 0.2) is 18.2 Å². The van der Waals surface area contributed by atoms with E-state index in [2.05, 4.69) is 0 Å². The van der Waals surface area contributed by atoms with E-state index in [1.807, 2.05) is 0 Å². The molecule has 14 heavy (non-hydrogen) atoms. The van der Waals surface area contributed by atoms with Gasteiger partial charge in [-0.15, -0.1) is 0 Å². The fraction of sp³-hybridized carbons (Fsp3) is 0.300. The Balaban J connectivity index is 2.01. The molecule has 4 heteroatoms. The molecular formula is C10H7FO3. The molecule has 1 saturated carbocycles. The first-order valence-corrected chi connectivity index (χ1v) is 4.37. The van der Waals surface area contributed by atoms with Crippen LogP contribution in [-0.2, 0) is 4.79 Å². The van der Waals surface area contributed by atoms with Gasteiger partial charge in [0.1, 0.15) is 23.6 Å². The predicted octanol–water partition coefficient (Wildman–Crippen LogP) is 1.38. The van der Waals surface area contributed by atoms with Crippen molar-refractivity contribution in [2.24, 2.45) is 5.92 Å². The van der Waals surface area contributed by atoms with Crippen LogP contribution >= 0.6 is 0 Å². The molecule has 0 saturated heterocycles. The second kappa shape index (κ2) is 2.26. The van der Waals surface area contributed by atoms with E-state index in [0.29, 0.717) is 11.3 Å². The summed E-state index contributed by atoms with van der Waals surface area (Å²) in [6, 6.07) is 4.23. The normalized spacial score (nSPS) is 31.6. The number of halogens is 1. The third-order valence-electron chi connectivity index (χ3n) is 2.83. The SMILES string of the molecule is O=C(O)[C@@H]1[C@H]2Oc3ccc(F)cc3[C@H]21. The number of carboxylic acids is 1. The first-order valence-electron chi connectivity index (χ1n) is 4.37. The first-order chi connectivity index (χ1) is 6.68. The minimum atomic E-state index is -0.866. The molecule has 0 unspecified atom stereocenters. The van der Waals surface area contributed by atoms with Crippen LogP contribution in [0.5, 0.6) is 5.75 Å². The highest BCUT2D eigenvalue weighted by molar-refractivity contribution is 5.78. The Hall–Kier alpha value is -1.58. The Morgan fingerprint density at radius 1 is 1.50 bits per heavy atom. The Kier molecular flexibility index (Phi) is 1.26. The lowest BCUT2D eigenvalue weighted by molar-refractivity contribution is -0.139. The molecule has 0 aromatic heterocycles. The van der Waals surface area contributed by atoms with Crippen LogP contribution in [0.25, 0.3) is 0 Å². The van der Waals surface area contributed by atoms with Crippen molar-refractivity contribution in [2.45, 2.75) is 12.0 Å². The van der Waals surface area contributed by atoms with Crippen LogP contribution in [0.1, 0.15) is 11.5 Å². The standard InChI is InChI=1S/C10H7FO3/c11-4-1-2-6-5(3-4)7-8(10(12)13)9(7)14-6/h1-3,7-9H,(H,12,13)/t7-,8-,9-/m0/s1. The lowest BCUT2D eigenvalue weighted by Gasteiger charge is -2.05. The highest BCUT2D eigenvalue weighted by Gasteiger charge is 2.63. The van der Waals surface area contributed by atoms with E-state index in [1.54, 1.807) is 6.07 Å². The molecule has 3 nitrogen and oxygen atoms in total. The number of rotatable bonds is 1. The summed E-state index contributed by atoms with van der Waals surface area (Å²) in [6.45, 7) is 0. The van der Waals surface area contributed by atoms with Crippen molar-refractivity contribution in [3.8, 4) is 5.75 Å². The van der Waals surface area contributed by atoms with Gasteiger partial charge in [0, 0.05) is 11.5 Å². The smallest absolute Gasteiger partial charge is 0.311 e. The number of benzene rings is 1.